The summed E-state index contributed by atoms with van der Waals surface area (Å²) in [7, 11) is 0. The van der Waals surface area contributed by atoms with Crippen molar-refractivity contribution in [3.8, 4) is 10.4 Å². The maximum Gasteiger partial charge on any atom is 0.420 e. The molecule has 3 rings (SSSR count). The normalized spacial score (nSPS) is 10.9. The van der Waals surface area contributed by atoms with Gasteiger partial charge in [0.15, 0.2) is 0 Å². The zero-order valence-corrected chi connectivity index (χ0v) is 10.5. The Balaban J connectivity index is 2.25. The number of hydrogen-bond donors (Lipinski definition) is 1. The lowest BCUT2D eigenvalue weighted by Gasteiger charge is -1.95. The number of fused-ring (bicyclic) bond motifs is 1. The first-order chi connectivity index (χ1) is 8.63. The van der Waals surface area contributed by atoms with Gasteiger partial charge >= 0.3 is 11.4 Å². The molecule has 0 amide bonds. The van der Waals surface area contributed by atoms with Crippen LogP contribution in [0.25, 0.3) is 20.7 Å². The molecular formula is C12H6ClNO3S. The zero-order valence-electron chi connectivity index (χ0n) is 8.90. The molecule has 90 valence electrons. The fourth-order valence-electron chi connectivity index (χ4n) is 1.65. The molecule has 0 saturated carbocycles. The van der Waals surface area contributed by atoms with E-state index in [2.05, 4.69) is 9.40 Å². The molecule has 0 unspecified atom stereocenters. The Morgan fingerprint density at radius 1 is 1.17 bits per heavy atom. The van der Waals surface area contributed by atoms with Crippen molar-refractivity contribution < 1.29 is 4.42 Å². The number of benzene rings is 1. The van der Waals surface area contributed by atoms with Crippen LogP contribution in [0, 0.1) is 0 Å². The van der Waals surface area contributed by atoms with E-state index < -0.39 is 11.4 Å². The van der Waals surface area contributed by atoms with Crippen molar-refractivity contribution in [1.29, 1.82) is 0 Å². The smallest absolute Gasteiger partial charge is 0.372 e. The number of rotatable bonds is 1. The Hall–Kier alpha value is -1.85. The molecule has 0 fully saturated rings. The second-order valence-electron chi connectivity index (χ2n) is 3.66. The molecule has 4 nitrogen and oxygen atoms in total. The van der Waals surface area contributed by atoms with Gasteiger partial charge in [-0.15, -0.1) is 11.3 Å². The number of H-pyrrole nitrogens is 1. The third-order valence-corrected chi connectivity index (χ3v) is 3.83. The number of hydrogen-bond acceptors (Lipinski definition) is 4. The largest absolute Gasteiger partial charge is 0.420 e. The topological polar surface area (TPSA) is 63.1 Å². The quantitative estimate of drug-likeness (QED) is 0.745. The number of thiophene rings is 1. The van der Waals surface area contributed by atoms with Crippen LogP contribution in [-0.2, 0) is 0 Å². The monoisotopic (exact) mass is 279 g/mol. The third-order valence-electron chi connectivity index (χ3n) is 2.48. The number of aromatic amines is 1. The molecule has 1 aromatic carbocycles. The molecule has 2 heterocycles. The molecule has 18 heavy (non-hydrogen) atoms. The second kappa shape index (κ2) is 4.12. The summed E-state index contributed by atoms with van der Waals surface area (Å²) in [5, 5.41) is 1.03. The molecule has 0 aliphatic carbocycles. The molecular weight excluding hydrogens is 274 g/mol. The SMILES string of the molecule is O=c1[nH]c2sc(-c3ccc(Cl)cc3)cc2c(=O)o1. The first-order valence-corrected chi connectivity index (χ1v) is 6.26. The van der Waals surface area contributed by atoms with Crippen LogP contribution < -0.4 is 11.4 Å². The van der Waals surface area contributed by atoms with Gasteiger partial charge in [0.05, 0.1) is 5.39 Å². The molecule has 0 spiro atoms. The molecule has 6 heteroatoms. The zero-order chi connectivity index (χ0) is 12.7. The summed E-state index contributed by atoms with van der Waals surface area (Å²) >= 11 is 7.14. The van der Waals surface area contributed by atoms with E-state index >= 15 is 0 Å². The fraction of sp³-hybridized carbons (Fsp3) is 0. The molecule has 3 aromatic rings. The molecule has 0 saturated heterocycles. The van der Waals surface area contributed by atoms with Crippen LogP contribution in [0.1, 0.15) is 0 Å². The van der Waals surface area contributed by atoms with Crippen molar-refractivity contribution in [3.05, 3.63) is 56.3 Å². The van der Waals surface area contributed by atoms with Gasteiger partial charge in [-0.1, -0.05) is 23.7 Å². The van der Waals surface area contributed by atoms with Gasteiger partial charge in [-0.05, 0) is 23.8 Å². The fourth-order valence-corrected chi connectivity index (χ4v) is 2.81. The maximum atomic E-state index is 11.5. The van der Waals surface area contributed by atoms with Gasteiger partial charge < -0.3 is 4.42 Å². The Bertz CT molecular complexity index is 829. The van der Waals surface area contributed by atoms with E-state index in [1.807, 2.05) is 12.1 Å². The summed E-state index contributed by atoms with van der Waals surface area (Å²) in [6, 6.07) is 8.95. The average molecular weight is 280 g/mol. The lowest BCUT2D eigenvalue weighted by molar-refractivity contribution is 0.460. The Morgan fingerprint density at radius 3 is 2.61 bits per heavy atom. The van der Waals surface area contributed by atoms with E-state index in [0.717, 1.165) is 10.4 Å². The first-order valence-electron chi connectivity index (χ1n) is 5.06. The highest BCUT2D eigenvalue weighted by molar-refractivity contribution is 7.21. The van der Waals surface area contributed by atoms with Crippen molar-refractivity contribution in [3.63, 3.8) is 0 Å². The lowest BCUT2D eigenvalue weighted by Crippen LogP contribution is -2.12. The van der Waals surface area contributed by atoms with Gasteiger partial charge in [0, 0.05) is 9.90 Å². The number of aromatic nitrogens is 1. The minimum absolute atomic E-state index is 0.379. The van der Waals surface area contributed by atoms with E-state index in [0.29, 0.717) is 15.2 Å². The molecule has 2 aromatic heterocycles. The predicted molar refractivity (Wildman–Crippen MR) is 71.4 cm³/mol. The van der Waals surface area contributed by atoms with Gasteiger partial charge in [-0.3, -0.25) is 4.98 Å². The van der Waals surface area contributed by atoms with Crippen LogP contribution >= 0.6 is 22.9 Å². The minimum Gasteiger partial charge on any atom is -0.372 e. The summed E-state index contributed by atoms with van der Waals surface area (Å²) in [4.78, 5) is 26.4. The Labute approximate surface area is 109 Å². The molecule has 0 atom stereocenters. The Morgan fingerprint density at radius 2 is 1.89 bits per heavy atom. The minimum atomic E-state index is -0.739. The highest BCUT2D eigenvalue weighted by Gasteiger charge is 2.09. The highest BCUT2D eigenvalue weighted by atomic mass is 35.5. The first kappa shape index (κ1) is 11.3. The molecule has 0 radical (unpaired) electrons. The van der Waals surface area contributed by atoms with E-state index in [4.69, 9.17) is 11.6 Å². The summed E-state index contributed by atoms with van der Waals surface area (Å²) < 4.78 is 4.48. The molecule has 0 aliphatic heterocycles. The van der Waals surface area contributed by atoms with Gasteiger partial charge in [0.1, 0.15) is 4.83 Å². The van der Waals surface area contributed by atoms with Crippen molar-refractivity contribution in [2.24, 2.45) is 0 Å². The predicted octanol–water partition coefficient (Wildman–Crippen LogP) is 2.86. The highest BCUT2D eigenvalue weighted by Crippen LogP contribution is 2.30. The van der Waals surface area contributed by atoms with Crippen LogP contribution in [0.15, 0.2) is 44.3 Å². The van der Waals surface area contributed by atoms with Crippen molar-refractivity contribution in [2.45, 2.75) is 0 Å². The summed E-state index contributed by atoms with van der Waals surface area (Å²) in [6.45, 7) is 0. The van der Waals surface area contributed by atoms with E-state index in [1.165, 1.54) is 11.3 Å². The van der Waals surface area contributed by atoms with Crippen LogP contribution in [0.3, 0.4) is 0 Å². The van der Waals surface area contributed by atoms with E-state index in [1.54, 1.807) is 18.2 Å². The van der Waals surface area contributed by atoms with Crippen LogP contribution in [0.2, 0.25) is 5.02 Å². The standard InChI is InChI=1S/C12H6ClNO3S/c13-7-3-1-6(2-4-7)9-5-8-10(18-9)14-12(16)17-11(8)15/h1-5H,(H,14,16). The molecule has 0 aliphatic rings. The Kier molecular flexibility index (Phi) is 2.57. The van der Waals surface area contributed by atoms with Gasteiger partial charge in [0.25, 0.3) is 0 Å². The van der Waals surface area contributed by atoms with Gasteiger partial charge in [-0.25, -0.2) is 9.59 Å². The second-order valence-corrected chi connectivity index (χ2v) is 5.15. The van der Waals surface area contributed by atoms with E-state index in [9.17, 15) is 9.59 Å². The van der Waals surface area contributed by atoms with Gasteiger partial charge in [0.2, 0.25) is 0 Å². The number of nitrogens with one attached hydrogen (secondary N) is 1. The van der Waals surface area contributed by atoms with Crippen LogP contribution in [-0.4, -0.2) is 4.98 Å². The third kappa shape index (κ3) is 1.87. The maximum absolute atomic E-state index is 11.5. The van der Waals surface area contributed by atoms with Crippen molar-refractivity contribution in [1.82, 2.24) is 4.98 Å². The summed E-state index contributed by atoms with van der Waals surface area (Å²) in [6.07, 6.45) is 0. The van der Waals surface area contributed by atoms with E-state index in [-0.39, 0.29) is 0 Å². The van der Waals surface area contributed by atoms with Gasteiger partial charge in [-0.2, -0.15) is 0 Å². The van der Waals surface area contributed by atoms with Crippen molar-refractivity contribution in [2.75, 3.05) is 0 Å². The average Bonchev–Trinajstić information content (AvgIpc) is 2.74. The summed E-state index contributed by atoms with van der Waals surface area (Å²) in [5.41, 5.74) is 0.311. The number of halogens is 1. The lowest BCUT2D eigenvalue weighted by atomic mass is 10.2. The van der Waals surface area contributed by atoms with Crippen LogP contribution in [0.4, 0.5) is 0 Å². The molecule has 0 bridgehead atoms. The van der Waals surface area contributed by atoms with Crippen LogP contribution in [0.5, 0.6) is 0 Å². The molecule has 1 N–H and O–H groups in total. The van der Waals surface area contributed by atoms with Crippen molar-refractivity contribution >= 4 is 33.2 Å². The summed E-state index contributed by atoms with van der Waals surface area (Å²) in [5.74, 6) is -0.739.